The van der Waals surface area contributed by atoms with Crippen LogP contribution in [0.5, 0.6) is 5.75 Å². The topological polar surface area (TPSA) is 82.4 Å². The van der Waals surface area contributed by atoms with Crippen molar-refractivity contribution in [2.24, 2.45) is 0 Å². The molecule has 1 aromatic heterocycles. The first-order chi connectivity index (χ1) is 15.0. The van der Waals surface area contributed by atoms with Crippen molar-refractivity contribution in [2.45, 2.75) is 33.2 Å². The van der Waals surface area contributed by atoms with Gasteiger partial charge in [0, 0.05) is 16.8 Å². The van der Waals surface area contributed by atoms with Gasteiger partial charge in [0.05, 0.1) is 31.5 Å². The molecule has 0 bridgehead atoms. The number of esters is 1. The molecule has 3 rings (SSSR count). The molecule has 0 unspecified atom stereocenters. The zero-order chi connectivity index (χ0) is 22.4. The standard InChI is InChI=1S/C24H27N3O4/c1-5-31-24(29)23(25-21(28)15-18-11-9-10-14-20(18)30-4)22-16(2)26-27(17(22)3)19-12-7-6-8-13-19/h6-14,23H,5,15H2,1-4H3,(H,25,28)/t23-/m1/s1. The maximum absolute atomic E-state index is 12.9. The predicted molar refractivity (Wildman–Crippen MR) is 117 cm³/mol. The first-order valence-electron chi connectivity index (χ1n) is 10.2. The highest BCUT2D eigenvalue weighted by Gasteiger charge is 2.30. The van der Waals surface area contributed by atoms with Crippen molar-refractivity contribution in [3.63, 3.8) is 0 Å². The number of aryl methyl sites for hydroxylation is 1. The fourth-order valence-corrected chi connectivity index (χ4v) is 3.60. The molecule has 0 aliphatic rings. The fraction of sp³-hybridized carbons (Fsp3) is 0.292. The molecule has 2 aromatic carbocycles. The fourth-order valence-electron chi connectivity index (χ4n) is 3.60. The van der Waals surface area contributed by atoms with E-state index in [4.69, 9.17) is 9.47 Å². The number of nitrogens with zero attached hydrogens (tertiary/aromatic N) is 2. The van der Waals surface area contributed by atoms with E-state index >= 15 is 0 Å². The lowest BCUT2D eigenvalue weighted by Gasteiger charge is -2.19. The van der Waals surface area contributed by atoms with Crippen LogP contribution in [-0.2, 0) is 20.7 Å². The highest BCUT2D eigenvalue weighted by molar-refractivity contribution is 5.87. The zero-order valence-electron chi connectivity index (χ0n) is 18.2. The van der Waals surface area contributed by atoms with Gasteiger partial charge in [-0.3, -0.25) is 4.79 Å². The lowest BCUT2D eigenvalue weighted by Crippen LogP contribution is -2.36. The first-order valence-corrected chi connectivity index (χ1v) is 10.2. The summed E-state index contributed by atoms with van der Waals surface area (Å²) in [6.45, 7) is 5.64. The Labute approximate surface area is 182 Å². The molecule has 7 heteroatoms. The molecule has 0 fully saturated rings. The van der Waals surface area contributed by atoms with Gasteiger partial charge in [0.1, 0.15) is 5.75 Å². The number of carbonyl (C=O) groups is 2. The number of rotatable bonds is 8. The summed E-state index contributed by atoms with van der Waals surface area (Å²) in [5.74, 6) is -0.210. The van der Waals surface area contributed by atoms with Gasteiger partial charge in [-0.05, 0) is 39.0 Å². The molecule has 3 aromatic rings. The van der Waals surface area contributed by atoms with Crippen LogP contribution in [0.1, 0.15) is 35.5 Å². The van der Waals surface area contributed by atoms with E-state index in [2.05, 4.69) is 10.4 Å². The van der Waals surface area contributed by atoms with Gasteiger partial charge in [0.25, 0.3) is 0 Å². The van der Waals surface area contributed by atoms with Crippen LogP contribution < -0.4 is 10.1 Å². The minimum Gasteiger partial charge on any atom is -0.496 e. The number of benzene rings is 2. The van der Waals surface area contributed by atoms with Gasteiger partial charge in [0.15, 0.2) is 6.04 Å². The Morgan fingerprint density at radius 2 is 1.74 bits per heavy atom. The lowest BCUT2D eigenvalue weighted by atomic mass is 10.0. The van der Waals surface area contributed by atoms with Crippen LogP contribution in [-0.4, -0.2) is 35.4 Å². The number of ether oxygens (including phenoxy) is 2. The number of hydrogen-bond donors (Lipinski definition) is 1. The van der Waals surface area contributed by atoms with Crippen LogP contribution in [0.3, 0.4) is 0 Å². The molecular weight excluding hydrogens is 394 g/mol. The average molecular weight is 421 g/mol. The summed E-state index contributed by atoms with van der Waals surface area (Å²) >= 11 is 0. The van der Waals surface area contributed by atoms with Crippen molar-refractivity contribution < 1.29 is 19.1 Å². The van der Waals surface area contributed by atoms with Crippen molar-refractivity contribution in [2.75, 3.05) is 13.7 Å². The van der Waals surface area contributed by atoms with Crippen LogP contribution in [0.4, 0.5) is 0 Å². The van der Waals surface area contributed by atoms with E-state index in [0.29, 0.717) is 17.0 Å². The van der Waals surface area contributed by atoms with Gasteiger partial charge in [-0.2, -0.15) is 5.10 Å². The molecule has 162 valence electrons. The van der Waals surface area contributed by atoms with Crippen molar-refractivity contribution in [3.05, 3.63) is 77.1 Å². The minimum absolute atomic E-state index is 0.0742. The van der Waals surface area contributed by atoms with Crippen LogP contribution >= 0.6 is 0 Å². The number of para-hydroxylation sites is 2. The van der Waals surface area contributed by atoms with Crippen molar-refractivity contribution in [3.8, 4) is 11.4 Å². The monoisotopic (exact) mass is 421 g/mol. The maximum atomic E-state index is 12.9. The second-order valence-electron chi connectivity index (χ2n) is 7.07. The van der Waals surface area contributed by atoms with E-state index in [1.54, 1.807) is 24.8 Å². The summed E-state index contributed by atoms with van der Waals surface area (Å²) in [6.07, 6.45) is 0.0742. The smallest absolute Gasteiger partial charge is 0.333 e. The Hall–Kier alpha value is -3.61. The summed E-state index contributed by atoms with van der Waals surface area (Å²) in [6, 6.07) is 16.0. The third-order valence-corrected chi connectivity index (χ3v) is 5.01. The second kappa shape index (κ2) is 9.93. The molecule has 0 aliphatic carbocycles. The van der Waals surface area contributed by atoms with Gasteiger partial charge in [-0.15, -0.1) is 0 Å². The molecular formula is C24H27N3O4. The Morgan fingerprint density at radius 3 is 2.42 bits per heavy atom. The number of aromatic nitrogens is 2. The van der Waals surface area contributed by atoms with Crippen LogP contribution in [0.25, 0.3) is 5.69 Å². The predicted octanol–water partition coefficient (Wildman–Crippen LogP) is 3.46. The van der Waals surface area contributed by atoms with Gasteiger partial charge >= 0.3 is 5.97 Å². The van der Waals surface area contributed by atoms with E-state index in [-0.39, 0.29) is 18.9 Å². The van der Waals surface area contributed by atoms with E-state index in [0.717, 1.165) is 16.9 Å². The molecule has 0 saturated carbocycles. The SMILES string of the molecule is CCOC(=O)[C@H](NC(=O)Cc1ccccc1OC)c1c(C)nn(-c2ccccc2)c1C. The lowest BCUT2D eigenvalue weighted by molar-refractivity contribution is -0.147. The largest absolute Gasteiger partial charge is 0.496 e. The number of nitrogens with one attached hydrogen (secondary N) is 1. The first kappa shape index (κ1) is 22.1. The summed E-state index contributed by atoms with van der Waals surface area (Å²) in [7, 11) is 1.56. The zero-order valence-corrected chi connectivity index (χ0v) is 18.2. The van der Waals surface area contributed by atoms with E-state index in [9.17, 15) is 9.59 Å². The van der Waals surface area contributed by atoms with Crippen LogP contribution in [0, 0.1) is 13.8 Å². The molecule has 1 N–H and O–H groups in total. The van der Waals surface area contributed by atoms with Crippen molar-refractivity contribution >= 4 is 11.9 Å². The van der Waals surface area contributed by atoms with Crippen molar-refractivity contribution in [1.29, 1.82) is 0 Å². The average Bonchev–Trinajstić information content (AvgIpc) is 3.07. The summed E-state index contributed by atoms with van der Waals surface area (Å²) < 4.78 is 12.4. The van der Waals surface area contributed by atoms with E-state index in [1.807, 2.05) is 62.4 Å². The van der Waals surface area contributed by atoms with Gasteiger partial charge in [-0.1, -0.05) is 36.4 Å². The van der Waals surface area contributed by atoms with E-state index < -0.39 is 12.0 Å². The summed E-state index contributed by atoms with van der Waals surface area (Å²) in [5, 5.41) is 7.44. The Morgan fingerprint density at radius 1 is 1.06 bits per heavy atom. The number of hydrogen-bond acceptors (Lipinski definition) is 5. The summed E-state index contributed by atoms with van der Waals surface area (Å²) in [5.41, 5.74) is 3.66. The molecule has 1 atom stereocenters. The number of amides is 1. The Balaban J connectivity index is 1.92. The molecule has 1 amide bonds. The molecule has 7 nitrogen and oxygen atoms in total. The molecule has 31 heavy (non-hydrogen) atoms. The molecule has 1 heterocycles. The van der Waals surface area contributed by atoms with Gasteiger partial charge in [0.2, 0.25) is 5.91 Å². The maximum Gasteiger partial charge on any atom is 0.333 e. The molecule has 0 saturated heterocycles. The second-order valence-corrected chi connectivity index (χ2v) is 7.07. The number of methoxy groups -OCH3 is 1. The Kier molecular flexibility index (Phi) is 7.07. The molecule has 0 aliphatic heterocycles. The third kappa shape index (κ3) is 4.94. The highest BCUT2D eigenvalue weighted by atomic mass is 16.5. The number of carbonyl (C=O) groups excluding carboxylic acids is 2. The van der Waals surface area contributed by atoms with Crippen molar-refractivity contribution in [1.82, 2.24) is 15.1 Å². The van der Waals surface area contributed by atoms with Crippen LogP contribution in [0.15, 0.2) is 54.6 Å². The summed E-state index contributed by atoms with van der Waals surface area (Å²) in [4.78, 5) is 25.7. The third-order valence-electron chi connectivity index (χ3n) is 5.01. The van der Waals surface area contributed by atoms with E-state index in [1.165, 1.54) is 0 Å². The van der Waals surface area contributed by atoms with Gasteiger partial charge in [-0.25, -0.2) is 9.48 Å². The molecule has 0 radical (unpaired) electrons. The molecule has 0 spiro atoms. The highest BCUT2D eigenvalue weighted by Crippen LogP contribution is 2.26. The van der Waals surface area contributed by atoms with Gasteiger partial charge < -0.3 is 14.8 Å². The normalized spacial score (nSPS) is 11.6. The Bertz CT molecular complexity index is 1060. The quantitative estimate of drug-likeness (QED) is 0.563. The minimum atomic E-state index is -0.959. The van der Waals surface area contributed by atoms with Crippen LogP contribution in [0.2, 0.25) is 0 Å².